The van der Waals surface area contributed by atoms with Crippen LogP contribution in [0.5, 0.6) is 5.75 Å². The second kappa shape index (κ2) is 10.5. The second-order valence-corrected chi connectivity index (χ2v) is 9.10. The van der Waals surface area contributed by atoms with Crippen LogP contribution in [0.4, 0.5) is 10.5 Å². The van der Waals surface area contributed by atoms with Crippen molar-refractivity contribution in [3.63, 3.8) is 0 Å². The third-order valence-electron chi connectivity index (χ3n) is 5.87. The zero-order valence-corrected chi connectivity index (χ0v) is 20.6. The smallest absolute Gasteiger partial charge is 0.328 e. The SMILES string of the molecule is COc1cc(-c2ccc(NC(=O)NC3CC=C(C)C=C3C)cc2)ccc1C(=O)NC(C)(C)C(=O)O. The molecule has 0 heterocycles. The predicted molar refractivity (Wildman–Crippen MR) is 136 cm³/mol. The highest BCUT2D eigenvalue weighted by atomic mass is 16.5. The summed E-state index contributed by atoms with van der Waals surface area (Å²) in [4.78, 5) is 36.4. The van der Waals surface area contributed by atoms with Gasteiger partial charge in [-0.25, -0.2) is 9.59 Å². The number of benzene rings is 2. The molecule has 0 saturated carbocycles. The van der Waals surface area contributed by atoms with Gasteiger partial charge in [0.25, 0.3) is 5.91 Å². The van der Waals surface area contributed by atoms with Crippen LogP contribution >= 0.6 is 0 Å². The Morgan fingerprint density at radius 1 is 1.03 bits per heavy atom. The quantitative estimate of drug-likeness (QED) is 0.460. The monoisotopic (exact) mass is 477 g/mol. The molecule has 1 aliphatic rings. The Morgan fingerprint density at radius 3 is 2.29 bits per heavy atom. The topological polar surface area (TPSA) is 117 Å². The zero-order chi connectivity index (χ0) is 25.8. The van der Waals surface area contributed by atoms with Gasteiger partial charge in [0.15, 0.2) is 0 Å². The summed E-state index contributed by atoms with van der Waals surface area (Å²) in [6.07, 6.45) is 4.94. The number of carbonyl (C=O) groups excluding carboxylic acids is 2. The van der Waals surface area contributed by atoms with Crippen molar-refractivity contribution in [3.05, 3.63) is 71.3 Å². The van der Waals surface area contributed by atoms with Crippen molar-refractivity contribution in [2.75, 3.05) is 12.4 Å². The van der Waals surface area contributed by atoms with Crippen molar-refractivity contribution in [2.45, 2.75) is 45.7 Å². The second-order valence-electron chi connectivity index (χ2n) is 9.10. The molecule has 0 bridgehead atoms. The van der Waals surface area contributed by atoms with Crippen LogP contribution in [0.3, 0.4) is 0 Å². The number of hydrogen-bond acceptors (Lipinski definition) is 4. The van der Waals surface area contributed by atoms with Crippen LogP contribution in [0.25, 0.3) is 11.1 Å². The molecule has 8 heteroatoms. The van der Waals surface area contributed by atoms with Gasteiger partial charge in [0.05, 0.1) is 18.7 Å². The molecule has 8 nitrogen and oxygen atoms in total. The third kappa shape index (κ3) is 6.29. The van der Waals surface area contributed by atoms with Crippen molar-refractivity contribution in [1.29, 1.82) is 0 Å². The fourth-order valence-electron chi connectivity index (χ4n) is 3.72. The maximum atomic E-state index is 12.6. The van der Waals surface area contributed by atoms with Gasteiger partial charge in [-0.05, 0) is 69.5 Å². The molecule has 2 aromatic carbocycles. The number of aliphatic carboxylic acids is 1. The molecule has 0 aliphatic heterocycles. The summed E-state index contributed by atoms with van der Waals surface area (Å²) in [6, 6.07) is 12.1. The lowest BCUT2D eigenvalue weighted by Gasteiger charge is -2.22. The summed E-state index contributed by atoms with van der Waals surface area (Å²) in [5.74, 6) is -1.36. The Hall–Kier alpha value is -4.07. The third-order valence-corrected chi connectivity index (χ3v) is 5.87. The number of ether oxygens (including phenoxy) is 1. The van der Waals surface area contributed by atoms with E-state index in [4.69, 9.17) is 4.74 Å². The van der Waals surface area contributed by atoms with Gasteiger partial charge in [-0.3, -0.25) is 4.79 Å². The summed E-state index contributed by atoms with van der Waals surface area (Å²) >= 11 is 0. The maximum Gasteiger partial charge on any atom is 0.328 e. The van der Waals surface area contributed by atoms with Gasteiger partial charge in [-0.15, -0.1) is 0 Å². The van der Waals surface area contributed by atoms with Crippen LogP contribution in [-0.4, -0.2) is 41.7 Å². The molecule has 35 heavy (non-hydrogen) atoms. The van der Waals surface area contributed by atoms with E-state index in [0.717, 1.165) is 23.1 Å². The fourth-order valence-corrected chi connectivity index (χ4v) is 3.72. The average Bonchev–Trinajstić information content (AvgIpc) is 2.80. The summed E-state index contributed by atoms with van der Waals surface area (Å²) < 4.78 is 5.39. The molecule has 3 rings (SSSR count). The lowest BCUT2D eigenvalue weighted by Crippen LogP contribution is -2.49. The van der Waals surface area contributed by atoms with Crippen LogP contribution in [0.15, 0.2) is 65.8 Å². The van der Waals surface area contributed by atoms with Crippen molar-refractivity contribution < 1.29 is 24.2 Å². The molecule has 1 unspecified atom stereocenters. The van der Waals surface area contributed by atoms with E-state index in [9.17, 15) is 19.5 Å². The Morgan fingerprint density at radius 2 is 1.69 bits per heavy atom. The minimum atomic E-state index is -1.42. The maximum absolute atomic E-state index is 12.6. The molecule has 184 valence electrons. The first-order valence-corrected chi connectivity index (χ1v) is 11.3. The lowest BCUT2D eigenvalue weighted by molar-refractivity contribution is -0.143. The lowest BCUT2D eigenvalue weighted by atomic mass is 9.96. The van der Waals surface area contributed by atoms with Gasteiger partial charge in [0, 0.05) is 5.69 Å². The Bertz CT molecular complexity index is 1200. The molecule has 0 spiro atoms. The minimum Gasteiger partial charge on any atom is -0.496 e. The number of carboxylic acid groups (broad SMARTS) is 1. The summed E-state index contributed by atoms with van der Waals surface area (Å²) in [5, 5.41) is 17.6. The number of urea groups is 1. The number of carboxylic acids is 1. The van der Waals surface area contributed by atoms with Gasteiger partial charge in [-0.2, -0.15) is 0 Å². The molecule has 0 saturated heterocycles. The van der Waals surface area contributed by atoms with E-state index in [-0.39, 0.29) is 17.6 Å². The molecule has 0 aromatic heterocycles. The van der Waals surface area contributed by atoms with Gasteiger partial charge < -0.3 is 25.8 Å². The molecule has 3 amide bonds. The molecular weight excluding hydrogens is 446 g/mol. The van der Waals surface area contributed by atoms with Gasteiger partial charge in [0.2, 0.25) is 0 Å². The van der Waals surface area contributed by atoms with Crippen molar-refractivity contribution in [2.24, 2.45) is 0 Å². The van der Waals surface area contributed by atoms with E-state index < -0.39 is 17.4 Å². The average molecular weight is 478 g/mol. The zero-order valence-electron chi connectivity index (χ0n) is 20.6. The first kappa shape index (κ1) is 25.6. The van der Waals surface area contributed by atoms with Crippen LogP contribution in [0, 0.1) is 0 Å². The van der Waals surface area contributed by atoms with E-state index in [0.29, 0.717) is 11.4 Å². The van der Waals surface area contributed by atoms with Crippen LogP contribution in [0.2, 0.25) is 0 Å². The Balaban J connectivity index is 1.69. The van der Waals surface area contributed by atoms with Crippen LogP contribution in [-0.2, 0) is 4.79 Å². The molecule has 0 fully saturated rings. The van der Waals surface area contributed by atoms with E-state index in [1.807, 2.05) is 26.0 Å². The van der Waals surface area contributed by atoms with Gasteiger partial charge in [0.1, 0.15) is 11.3 Å². The number of nitrogens with one attached hydrogen (secondary N) is 3. The first-order valence-electron chi connectivity index (χ1n) is 11.3. The van der Waals surface area contributed by atoms with Crippen molar-refractivity contribution >= 4 is 23.6 Å². The number of carbonyl (C=O) groups is 3. The number of methoxy groups -OCH3 is 1. The number of hydrogen-bond donors (Lipinski definition) is 4. The van der Waals surface area contributed by atoms with E-state index in [1.54, 1.807) is 30.3 Å². The first-order chi connectivity index (χ1) is 16.5. The summed E-state index contributed by atoms with van der Waals surface area (Å²) in [6.45, 7) is 6.87. The van der Waals surface area contributed by atoms with E-state index in [1.165, 1.54) is 26.5 Å². The molecule has 1 aliphatic carbocycles. The molecule has 2 aromatic rings. The highest BCUT2D eigenvalue weighted by molar-refractivity contribution is 6.00. The number of allylic oxidation sites excluding steroid dienone is 2. The number of rotatable bonds is 7. The van der Waals surface area contributed by atoms with E-state index in [2.05, 4.69) is 28.1 Å². The van der Waals surface area contributed by atoms with Crippen molar-refractivity contribution in [3.8, 4) is 16.9 Å². The van der Waals surface area contributed by atoms with Crippen LogP contribution < -0.4 is 20.7 Å². The number of amides is 3. The van der Waals surface area contributed by atoms with Crippen molar-refractivity contribution in [1.82, 2.24) is 10.6 Å². The number of anilines is 1. The summed E-state index contributed by atoms with van der Waals surface area (Å²) in [7, 11) is 1.45. The Kier molecular flexibility index (Phi) is 7.64. The molecule has 4 N–H and O–H groups in total. The normalized spacial score (nSPS) is 15.4. The largest absolute Gasteiger partial charge is 0.496 e. The van der Waals surface area contributed by atoms with Crippen LogP contribution in [0.1, 0.15) is 44.5 Å². The Labute approximate surface area is 205 Å². The fraction of sp³-hybridized carbons (Fsp3) is 0.296. The minimum absolute atomic E-state index is 0.0257. The van der Waals surface area contributed by atoms with E-state index >= 15 is 0 Å². The highest BCUT2D eigenvalue weighted by Gasteiger charge is 2.30. The van der Waals surface area contributed by atoms with Gasteiger partial charge in [-0.1, -0.05) is 41.5 Å². The highest BCUT2D eigenvalue weighted by Crippen LogP contribution is 2.29. The standard InChI is InChI=1S/C27H31N3O5/c1-16-6-13-22(17(2)14-16)29-26(34)28-20-10-7-18(8-11-20)19-9-12-21(23(15-19)35-5)24(31)30-27(3,4)25(32)33/h6-12,14-15,22H,13H2,1-5H3,(H,30,31)(H,32,33)(H2,28,29,34). The molecule has 0 radical (unpaired) electrons. The molecular formula is C27H31N3O5. The van der Waals surface area contributed by atoms with Gasteiger partial charge >= 0.3 is 12.0 Å². The summed E-state index contributed by atoms with van der Waals surface area (Å²) in [5.41, 5.74) is 3.44. The predicted octanol–water partition coefficient (Wildman–Crippen LogP) is 4.74. The molecule has 1 atom stereocenters.